The number of benzene rings is 2. The van der Waals surface area contributed by atoms with Crippen molar-refractivity contribution in [2.75, 3.05) is 0 Å². The molecule has 0 radical (unpaired) electrons. The van der Waals surface area contributed by atoms with E-state index >= 15 is 0 Å². The molecule has 0 aromatic heterocycles. The molecule has 0 N–H and O–H groups in total. The van der Waals surface area contributed by atoms with Crippen LogP contribution in [0.25, 0.3) is 0 Å². The second-order valence-electron chi connectivity index (χ2n) is 3.94. The van der Waals surface area contributed by atoms with E-state index in [-0.39, 0.29) is 12.2 Å². The Kier molecular flexibility index (Phi) is 5.29. The fourth-order valence-corrected chi connectivity index (χ4v) is 3.01. The molecular weight excluding hydrogens is 462 g/mol. The van der Waals surface area contributed by atoms with E-state index in [2.05, 4.69) is 38.5 Å². The fourth-order valence-electron chi connectivity index (χ4n) is 1.66. The molecule has 0 fully saturated rings. The van der Waals surface area contributed by atoms with Crippen molar-refractivity contribution in [3.8, 4) is 0 Å². The highest BCUT2D eigenvalue weighted by Crippen LogP contribution is 2.28. The van der Waals surface area contributed by atoms with Crippen molar-refractivity contribution in [1.82, 2.24) is 0 Å². The van der Waals surface area contributed by atoms with E-state index in [9.17, 15) is 4.79 Å². The average Bonchev–Trinajstić information content (AvgIpc) is 2.38. The Balaban J connectivity index is 2.31. The van der Waals surface area contributed by atoms with Gasteiger partial charge in [0.15, 0.2) is 5.78 Å². The van der Waals surface area contributed by atoms with E-state index in [1.165, 1.54) is 0 Å². The van der Waals surface area contributed by atoms with Crippen LogP contribution < -0.4 is 0 Å². The average molecular weight is 470 g/mol. The Bertz CT molecular complexity index is 643. The van der Waals surface area contributed by atoms with Gasteiger partial charge < -0.3 is 0 Å². The Morgan fingerprint density at radius 2 is 1.95 bits per heavy atom. The molecule has 2 aromatic rings. The Labute approximate surface area is 143 Å². The third kappa shape index (κ3) is 3.72. The van der Waals surface area contributed by atoms with Crippen LogP contribution in [-0.2, 0) is 6.42 Å². The number of Topliss-reactive ketones (excluding diaryl/α,β-unsaturated/α-hetero) is 1. The molecule has 0 aliphatic heterocycles. The Morgan fingerprint density at radius 3 is 2.68 bits per heavy atom. The lowest BCUT2D eigenvalue weighted by Gasteiger charge is -2.07. The Morgan fingerprint density at radius 1 is 1.21 bits per heavy atom. The summed E-state index contributed by atoms with van der Waals surface area (Å²) in [5.41, 5.74) is 1.40. The van der Waals surface area contributed by atoms with Gasteiger partial charge >= 0.3 is 0 Å². The topological polar surface area (TPSA) is 17.1 Å². The smallest absolute Gasteiger partial charge is 0.168 e. The summed E-state index contributed by atoms with van der Waals surface area (Å²) in [6.07, 6.45) is 0.234. The number of hydrogen-bond donors (Lipinski definition) is 0. The first-order chi connectivity index (χ1) is 8.99. The molecule has 5 heteroatoms. The second kappa shape index (κ2) is 6.57. The first-order valence-electron chi connectivity index (χ1n) is 5.40. The number of carbonyl (C=O) groups excluding carboxylic acids is 1. The highest BCUT2D eigenvalue weighted by atomic mass is 127. The van der Waals surface area contributed by atoms with Crippen LogP contribution in [0.5, 0.6) is 0 Å². The molecule has 98 valence electrons. The van der Waals surface area contributed by atoms with Crippen molar-refractivity contribution in [1.29, 1.82) is 0 Å². The maximum Gasteiger partial charge on any atom is 0.168 e. The number of ketones is 1. The first kappa shape index (κ1) is 15.3. The lowest BCUT2D eigenvalue weighted by molar-refractivity contribution is 0.0992. The fraction of sp³-hybridized carbons (Fsp3) is 0.0714. The monoisotopic (exact) mass is 468 g/mol. The molecule has 2 aromatic carbocycles. The summed E-state index contributed by atoms with van der Waals surface area (Å²) in [6.45, 7) is 0. The number of hydrogen-bond acceptors (Lipinski definition) is 1. The summed E-state index contributed by atoms with van der Waals surface area (Å²) >= 11 is 17.6. The molecule has 0 aliphatic carbocycles. The maximum absolute atomic E-state index is 12.3. The van der Waals surface area contributed by atoms with E-state index in [1.807, 2.05) is 24.3 Å². The SMILES string of the molecule is O=C(Cc1cccc(Cl)c1Cl)c1cc(I)ccc1Br. The van der Waals surface area contributed by atoms with Crippen LogP contribution in [-0.4, -0.2) is 5.78 Å². The predicted octanol–water partition coefficient (Wildman–Crippen LogP) is 5.79. The summed E-state index contributed by atoms with van der Waals surface area (Å²) in [7, 11) is 0. The molecule has 0 saturated carbocycles. The summed E-state index contributed by atoms with van der Waals surface area (Å²) in [4.78, 5) is 12.3. The van der Waals surface area contributed by atoms with E-state index in [0.29, 0.717) is 15.6 Å². The van der Waals surface area contributed by atoms with Gasteiger partial charge in [-0.15, -0.1) is 0 Å². The minimum absolute atomic E-state index is 0.00885. The minimum Gasteiger partial charge on any atom is -0.294 e. The lowest BCUT2D eigenvalue weighted by atomic mass is 10.0. The van der Waals surface area contributed by atoms with Gasteiger partial charge in [0.05, 0.1) is 10.0 Å². The molecule has 2 rings (SSSR count). The molecule has 1 nitrogen and oxygen atoms in total. The van der Waals surface area contributed by atoms with Crippen LogP contribution in [0.1, 0.15) is 15.9 Å². The van der Waals surface area contributed by atoms with Gasteiger partial charge in [-0.2, -0.15) is 0 Å². The summed E-state index contributed by atoms with van der Waals surface area (Å²) in [6, 6.07) is 11.0. The maximum atomic E-state index is 12.3. The first-order valence-corrected chi connectivity index (χ1v) is 8.03. The highest BCUT2D eigenvalue weighted by molar-refractivity contribution is 14.1. The van der Waals surface area contributed by atoms with Crippen LogP contribution in [0.4, 0.5) is 0 Å². The second-order valence-corrected chi connectivity index (χ2v) is 6.82. The zero-order valence-electron chi connectivity index (χ0n) is 9.59. The summed E-state index contributed by atoms with van der Waals surface area (Å²) in [5, 5.41) is 0.910. The third-order valence-electron chi connectivity index (χ3n) is 2.61. The standard InChI is InChI=1S/C14H8BrCl2IO/c15-11-5-4-9(18)7-10(11)13(19)6-8-2-1-3-12(16)14(8)17/h1-5,7H,6H2. The van der Waals surface area contributed by atoms with Gasteiger partial charge in [-0.05, 0) is 52.4 Å². The van der Waals surface area contributed by atoms with Crippen molar-refractivity contribution < 1.29 is 4.79 Å². The normalized spacial score (nSPS) is 10.5. The largest absolute Gasteiger partial charge is 0.294 e. The van der Waals surface area contributed by atoms with E-state index in [4.69, 9.17) is 23.2 Å². The molecule has 0 spiro atoms. The van der Waals surface area contributed by atoms with E-state index in [1.54, 1.807) is 12.1 Å². The molecule has 0 amide bonds. The van der Waals surface area contributed by atoms with Crippen molar-refractivity contribution in [2.45, 2.75) is 6.42 Å². The van der Waals surface area contributed by atoms with E-state index < -0.39 is 0 Å². The van der Waals surface area contributed by atoms with Gasteiger partial charge in [0, 0.05) is 20.0 Å². The Hall–Kier alpha value is -0.100. The lowest BCUT2D eigenvalue weighted by Crippen LogP contribution is -2.05. The van der Waals surface area contributed by atoms with Crippen LogP contribution in [0.2, 0.25) is 10.0 Å². The molecule has 0 atom stereocenters. The van der Waals surface area contributed by atoms with Crippen molar-refractivity contribution in [3.63, 3.8) is 0 Å². The molecule has 0 bridgehead atoms. The van der Waals surface area contributed by atoms with Gasteiger partial charge in [0.2, 0.25) is 0 Å². The zero-order valence-corrected chi connectivity index (χ0v) is 14.8. The number of halogens is 4. The van der Waals surface area contributed by atoms with E-state index in [0.717, 1.165) is 13.6 Å². The third-order valence-corrected chi connectivity index (χ3v) is 4.83. The van der Waals surface area contributed by atoms with Gasteiger partial charge in [0.1, 0.15) is 0 Å². The molecular formula is C14H8BrCl2IO. The quantitative estimate of drug-likeness (QED) is 0.411. The summed E-state index contributed by atoms with van der Waals surface area (Å²) < 4.78 is 1.80. The predicted molar refractivity (Wildman–Crippen MR) is 91.4 cm³/mol. The van der Waals surface area contributed by atoms with Gasteiger partial charge in [0.25, 0.3) is 0 Å². The number of rotatable bonds is 3. The minimum atomic E-state index is 0.00885. The van der Waals surface area contributed by atoms with Gasteiger partial charge in [-0.3, -0.25) is 4.79 Å². The van der Waals surface area contributed by atoms with Crippen molar-refractivity contribution in [3.05, 3.63) is 65.6 Å². The molecule has 0 saturated heterocycles. The van der Waals surface area contributed by atoms with Crippen molar-refractivity contribution >= 4 is 67.5 Å². The van der Waals surface area contributed by atoms with Crippen LogP contribution >= 0.6 is 61.7 Å². The van der Waals surface area contributed by atoms with Gasteiger partial charge in [-0.25, -0.2) is 0 Å². The summed E-state index contributed by atoms with van der Waals surface area (Å²) in [5.74, 6) is 0.00885. The zero-order chi connectivity index (χ0) is 14.0. The van der Waals surface area contributed by atoms with Crippen LogP contribution in [0, 0.1) is 3.57 Å². The van der Waals surface area contributed by atoms with Gasteiger partial charge in [-0.1, -0.05) is 51.3 Å². The van der Waals surface area contributed by atoms with Crippen molar-refractivity contribution in [2.24, 2.45) is 0 Å². The molecule has 19 heavy (non-hydrogen) atoms. The van der Waals surface area contributed by atoms with Crippen LogP contribution in [0.3, 0.4) is 0 Å². The highest BCUT2D eigenvalue weighted by Gasteiger charge is 2.14. The molecule has 0 unspecified atom stereocenters. The van der Waals surface area contributed by atoms with Crippen LogP contribution in [0.15, 0.2) is 40.9 Å². The molecule has 0 heterocycles. The number of carbonyl (C=O) groups is 1. The molecule has 0 aliphatic rings.